The second kappa shape index (κ2) is 11.6. The van der Waals surface area contributed by atoms with Crippen molar-refractivity contribution in [2.24, 2.45) is 0 Å². The quantitative estimate of drug-likeness (QED) is 0.184. The highest BCUT2D eigenvalue weighted by Crippen LogP contribution is 2.55. The van der Waals surface area contributed by atoms with E-state index in [1.807, 2.05) is 6.92 Å². The average Bonchev–Trinajstić information content (AvgIpc) is 3.15. The van der Waals surface area contributed by atoms with Crippen molar-refractivity contribution in [1.82, 2.24) is 14.5 Å². The number of aryl methyl sites for hydroxylation is 3. The molecule has 0 aliphatic heterocycles. The van der Waals surface area contributed by atoms with Gasteiger partial charge in [0.15, 0.2) is 5.58 Å². The van der Waals surface area contributed by atoms with Gasteiger partial charge in [-0.2, -0.15) is 4.98 Å². The zero-order valence-electron chi connectivity index (χ0n) is 25.9. The molecule has 0 saturated heterocycles. The molecule has 0 aliphatic rings. The van der Waals surface area contributed by atoms with Gasteiger partial charge in [0.2, 0.25) is 5.95 Å². The zero-order chi connectivity index (χ0) is 31.0. The lowest BCUT2D eigenvalue weighted by atomic mass is 10.0. The fourth-order valence-corrected chi connectivity index (χ4v) is 5.88. The number of benzene rings is 2. The number of nitrogens with one attached hydrogen (secondary N) is 2. The molecule has 0 saturated carbocycles. The first kappa shape index (κ1) is 31.4. The summed E-state index contributed by atoms with van der Waals surface area (Å²) < 4.78 is 37.1. The van der Waals surface area contributed by atoms with Crippen LogP contribution in [0.1, 0.15) is 63.8 Å². The summed E-state index contributed by atoms with van der Waals surface area (Å²) in [6.45, 7) is 18.2. The molecule has 0 bridgehead atoms. The molecule has 12 heteroatoms. The maximum Gasteiger partial charge on any atom is 0.477 e. The summed E-state index contributed by atoms with van der Waals surface area (Å²) in [4.78, 5) is 21.8. The number of hydrogen-bond acceptors (Lipinski definition) is 10. The zero-order valence-corrected chi connectivity index (χ0v) is 26.8. The number of phosphoric ester groups is 1. The normalized spacial score (nSPS) is 12.6. The summed E-state index contributed by atoms with van der Waals surface area (Å²) in [6.07, 6.45) is 1.73. The minimum Gasteiger partial charge on any atom is -0.408 e. The highest BCUT2D eigenvalue weighted by atomic mass is 31.2. The number of oxazole rings is 1. The van der Waals surface area contributed by atoms with Crippen LogP contribution in [0.2, 0.25) is 0 Å². The molecule has 2 N–H and O–H groups in total. The van der Waals surface area contributed by atoms with Gasteiger partial charge in [0, 0.05) is 23.1 Å². The third kappa shape index (κ3) is 7.86. The Hall–Kier alpha value is -3.50. The largest absolute Gasteiger partial charge is 0.477 e. The first-order valence-corrected chi connectivity index (χ1v) is 15.1. The number of hydrogen-bond donors (Lipinski definition) is 2. The van der Waals surface area contributed by atoms with Crippen molar-refractivity contribution < 1.29 is 22.6 Å². The van der Waals surface area contributed by atoms with E-state index in [4.69, 9.17) is 18.0 Å². The molecule has 0 spiro atoms. The predicted octanol–water partition coefficient (Wildman–Crippen LogP) is 7.82. The molecule has 0 aliphatic carbocycles. The first-order chi connectivity index (χ1) is 19.4. The fraction of sp³-hybridized carbons (Fsp3) is 0.433. The number of nitrogens with zero attached hydrogens (tertiary/aromatic N) is 3. The Bertz CT molecular complexity index is 1670. The van der Waals surface area contributed by atoms with Crippen LogP contribution < -0.4 is 16.4 Å². The lowest BCUT2D eigenvalue weighted by Gasteiger charge is -2.30. The van der Waals surface area contributed by atoms with Gasteiger partial charge in [-0.1, -0.05) is 0 Å². The van der Waals surface area contributed by atoms with Gasteiger partial charge in [0.05, 0.1) is 16.7 Å². The van der Waals surface area contributed by atoms with Gasteiger partial charge in [-0.05, 0) is 116 Å². The standard InChI is InChI=1S/C30H40N5O6P/c1-18-13-23(14-19(2)21(18)4)33-27-31-16-20(3)26(34-27)32-22-11-12-25-24(15-22)35(28(36)39-25)17-38-42(37,40-29(5,6)7)41-30(8,9)10/h11-16H,17H2,1-10H3,(H2,31,32,33,34). The highest BCUT2D eigenvalue weighted by Gasteiger charge is 2.37. The minimum atomic E-state index is -4.06. The van der Waals surface area contributed by atoms with Crippen molar-refractivity contribution in [3.05, 3.63) is 69.3 Å². The molecule has 2 heterocycles. The van der Waals surface area contributed by atoms with Gasteiger partial charge in [0.1, 0.15) is 12.5 Å². The summed E-state index contributed by atoms with van der Waals surface area (Å²) >= 11 is 0. The van der Waals surface area contributed by atoms with Gasteiger partial charge < -0.3 is 15.1 Å². The summed E-state index contributed by atoms with van der Waals surface area (Å²) in [6, 6.07) is 9.29. The number of aromatic nitrogens is 3. The lowest BCUT2D eigenvalue weighted by Crippen LogP contribution is -2.26. The van der Waals surface area contributed by atoms with Crippen molar-refractivity contribution in [1.29, 1.82) is 0 Å². The van der Waals surface area contributed by atoms with Gasteiger partial charge in [0.25, 0.3) is 0 Å². The topological polar surface area (TPSA) is 130 Å². The molecule has 0 radical (unpaired) electrons. The van der Waals surface area contributed by atoms with Crippen LogP contribution in [0, 0.1) is 27.7 Å². The monoisotopic (exact) mass is 597 g/mol. The van der Waals surface area contributed by atoms with Crippen LogP contribution in [0.15, 0.2) is 45.7 Å². The van der Waals surface area contributed by atoms with Gasteiger partial charge >= 0.3 is 13.6 Å². The Morgan fingerprint density at radius 1 is 0.881 bits per heavy atom. The Kier molecular flexibility index (Phi) is 8.72. The number of fused-ring (bicyclic) bond motifs is 1. The van der Waals surface area contributed by atoms with Crippen LogP contribution in [0.5, 0.6) is 0 Å². The highest BCUT2D eigenvalue weighted by molar-refractivity contribution is 7.48. The molecule has 2 aromatic carbocycles. The molecule has 0 fully saturated rings. The van der Waals surface area contributed by atoms with Crippen molar-refractivity contribution in [2.75, 3.05) is 10.6 Å². The van der Waals surface area contributed by atoms with Gasteiger partial charge in [-0.15, -0.1) is 0 Å². The third-order valence-corrected chi connectivity index (χ3v) is 8.18. The Balaban J connectivity index is 1.59. The van der Waals surface area contributed by atoms with E-state index in [0.717, 1.165) is 11.3 Å². The van der Waals surface area contributed by atoms with Crippen LogP contribution in [0.25, 0.3) is 11.1 Å². The number of phosphoric acid groups is 1. The number of rotatable bonds is 9. The van der Waals surface area contributed by atoms with E-state index in [-0.39, 0.29) is 0 Å². The second-order valence-electron chi connectivity index (χ2n) is 12.3. The van der Waals surface area contributed by atoms with Crippen molar-refractivity contribution in [3.8, 4) is 0 Å². The average molecular weight is 598 g/mol. The molecule has 0 unspecified atom stereocenters. The summed E-state index contributed by atoms with van der Waals surface area (Å²) in [5.74, 6) is 0.352. The van der Waals surface area contributed by atoms with E-state index in [9.17, 15) is 9.36 Å². The van der Waals surface area contributed by atoms with E-state index in [2.05, 4.69) is 53.5 Å². The molecular formula is C30H40N5O6P. The molecule has 11 nitrogen and oxygen atoms in total. The van der Waals surface area contributed by atoms with Crippen LogP contribution >= 0.6 is 7.82 Å². The van der Waals surface area contributed by atoms with E-state index in [0.29, 0.717) is 28.6 Å². The summed E-state index contributed by atoms with van der Waals surface area (Å²) in [5.41, 5.74) is 5.10. The summed E-state index contributed by atoms with van der Waals surface area (Å²) in [7, 11) is -4.06. The van der Waals surface area contributed by atoms with Crippen LogP contribution in [0.3, 0.4) is 0 Å². The van der Waals surface area contributed by atoms with Crippen LogP contribution in [0.4, 0.5) is 23.1 Å². The van der Waals surface area contributed by atoms with E-state index in [1.54, 1.807) is 65.9 Å². The Labute approximate surface area is 246 Å². The molecule has 42 heavy (non-hydrogen) atoms. The Morgan fingerprint density at radius 3 is 2.10 bits per heavy atom. The summed E-state index contributed by atoms with van der Waals surface area (Å²) in [5, 5.41) is 6.58. The maximum atomic E-state index is 13.5. The number of anilines is 4. The van der Waals surface area contributed by atoms with Crippen LogP contribution in [-0.4, -0.2) is 25.7 Å². The Morgan fingerprint density at radius 2 is 1.50 bits per heavy atom. The lowest BCUT2D eigenvalue weighted by molar-refractivity contribution is -0.00631. The van der Waals surface area contributed by atoms with E-state index >= 15 is 0 Å². The SMILES string of the molecule is Cc1cnc(Nc2cc(C)c(C)c(C)c2)nc1Nc1ccc2oc(=O)n(COP(=O)(OC(C)(C)C)OC(C)(C)C)c2c1. The second-order valence-corrected chi connectivity index (χ2v) is 13.8. The smallest absolute Gasteiger partial charge is 0.408 e. The van der Waals surface area contributed by atoms with Gasteiger partial charge in [-0.3, -0.25) is 13.6 Å². The van der Waals surface area contributed by atoms with Crippen molar-refractivity contribution in [3.63, 3.8) is 0 Å². The molecule has 4 aromatic rings. The molecular weight excluding hydrogens is 557 g/mol. The van der Waals surface area contributed by atoms with Crippen molar-refractivity contribution >= 4 is 42.1 Å². The van der Waals surface area contributed by atoms with E-state index in [1.165, 1.54) is 21.3 Å². The third-order valence-electron chi connectivity index (χ3n) is 6.20. The molecule has 226 valence electrons. The minimum absolute atomic E-state index is 0.337. The van der Waals surface area contributed by atoms with Crippen LogP contribution in [-0.2, 0) is 24.9 Å². The maximum absolute atomic E-state index is 13.5. The molecule has 0 amide bonds. The van der Waals surface area contributed by atoms with Crippen molar-refractivity contribution in [2.45, 2.75) is 87.2 Å². The fourth-order valence-electron chi connectivity index (χ4n) is 4.14. The molecule has 2 aromatic heterocycles. The first-order valence-electron chi connectivity index (χ1n) is 13.7. The van der Waals surface area contributed by atoms with Gasteiger partial charge in [-0.25, -0.2) is 18.9 Å². The molecule has 4 rings (SSSR count). The molecule has 0 atom stereocenters. The van der Waals surface area contributed by atoms with E-state index < -0.39 is 31.5 Å². The predicted molar refractivity (Wildman–Crippen MR) is 165 cm³/mol.